The molecule has 26 heavy (non-hydrogen) atoms. The first kappa shape index (κ1) is 17.2. The molecule has 0 atom stereocenters. The van der Waals surface area contributed by atoms with E-state index in [0.717, 1.165) is 22.4 Å². The van der Waals surface area contributed by atoms with Crippen molar-refractivity contribution in [3.05, 3.63) is 90.3 Å². The van der Waals surface area contributed by atoms with Gasteiger partial charge in [-0.15, -0.1) is 0 Å². The molecule has 0 amide bonds. The zero-order chi connectivity index (χ0) is 18.5. The summed E-state index contributed by atoms with van der Waals surface area (Å²) in [6, 6.07) is 20.1. The quantitative estimate of drug-likeness (QED) is 0.513. The average molecular weight is 346 g/mol. The van der Waals surface area contributed by atoms with E-state index in [2.05, 4.69) is 0 Å². The van der Waals surface area contributed by atoms with Crippen LogP contribution in [0.5, 0.6) is 0 Å². The maximum Gasteiger partial charge on any atom is 0.335 e. The van der Waals surface area contributed by atoms with E-state index >= 15 is 0 Å². The second-order valence-electron chi connectivity index (χ2n) is 5.68. The molecule has 0 aliphatic heterocycles. The Balaban J connectivity index is 0.000000185. The Kier molecular flexibility index (Phi) is 4.99. The van der Waals surface area contributed by atoms with Gasteiger partial charge in [0.25, 0.3) is 0 Å². The number of rotatable bonds is 3. The van der Waals surface area contributed by atoms with Gasteiger partial charge in [-0.05, 0) is 31.2 Å². The van der Waals surface area contributed by atoms with Gasteiger partial charge in [-0.25, -0.2) is 4.79 Å². The van der Waals surface area contributed by atoms with Crippen LogP contribution in [0.1, 0.15) is 22.8 Å². The lowest BCUT2D eigenvalue weighted by Gasteiger charge is -1.99. The number of hydrogen-bond acceptors (Lipinski definition) is 3. The number of nitrogens with one attached hydrogen (secondary N) is 1. The van der Waals surface area contributed by atoms with Gasteiger partial charge in [0.2, 0.25) is 5.88 Å². The fourth-order valence-electron chi connectivity index (χ4n) is 2.65. The van der Waals surface area contributed by atoms with Gasteiger partial charge in [0.15, 0.2) is 0 Å². The van der Waals surface area contributed by atoms with E-state index in [-0.39, 0.29) is 0 Å². The SMILES string of the molecule is CC(=N)c1cn(-c2ccco2)c2ccccc12.O=C(O)c1ccccc1. The predicted molar refractivity (Wildman–Crippen MR) is 101 cm³/mol. The molecule has 0 aliphatic carbocycles. The summed E-state index contributed by atoms with van der Waals surface area (Å²) in [7, 11) is 0. The van der Waals surface area contributed by atoms with Crippen LogP contribution in [0.3, 0.4) is 0 Å². The Hall–Kier alpha value is -3.60. The molecule has 0 spiro atoms. The number of carboxylic acid groups (broad SMARTS) is 1. The molecule has 0 saturated carbocycles. The van der Waals surface area contributed by atoms with Gasteiger partial charge in [0.1, 0.15) is 0 Å². The van der Waals surface area contributed by atoms with Crippen LogP contribution in [0.4, 0.5) is 0 Å². The van der Waals surface area contributed by atoms with E-state index in [1.807, 2.05) is 47.2 Å². The largest absolute Gasteiger partial charge is 0.478 e. The van der Waals surface area contributed by atoms with E-state index in [1.165, 1.54) is 0 Å². The van der Waals surface area contributed by atoms with Crippen molar-refractivity contribution in [1.82, 2.24) is 4.57 Å². The lowest BCUT2D eigenvalue weighted by atomic mass is 10.1. The van der Waals surface area contributed by atoms with E-state index in [1.54, 1.807) is 43.5 Å². The summed E-state index contributed by atoms with van der Waals surface area (Å²) in [5.41, 5.74) is 2.89. The Bertz CT molecular complexity index is 1030. The van der Waals surface area contributed by atoms with Gasteiger partial charge in [0.05, 0.1) is 17.3 Å². The highest BCUT2D eigenvalue weighted by molar-refractivity contribution is 6.08. The molecular formula is C21H18N2O3. The number of carboxylic acids is 1. The third-order valence-electron chi connectivity index (χ3n) is 3.88. The highest BCUT2D eigenvalue weighted by Crippen LogP contribution is 2.25. The first-order chi connectivity index (χ1) is 12.6. The Morgan fingerprint density at radius 2 is 1.69 bits per heavy atom. The van der Waals surface area contributed by atoms with Gasteiger partial charge in [-0.3, -0.25) is 4.57 Å². The lowest BCUT2D eigenvalue weighted by molar-refractivity contribution is 0.0697. The summed E-state index contributed by atoms with van der Waals surface area (Å²) < 4.78 is 7.39. The zero-order valence-corrected chi connectivity index (χ0v) is 14.2. The number of furan rings is 1. The third kappa shape index (κ3) is 3.57. The standard InChI is InChI=1S/C14H12N2O.C7H6O2/c1-10(15)12-9-16(14-7-4-8-17-14)13-6-3-2-5-11(12)13;8-7(9)6-4-2-1-3-5-6/h2-9,15H,1H3;1-5H,(H,8,9). The minimum atomic E-state index is -0.879. The molecule has 5 nitrogen and oxygen atoms in total. The summed E-state index contributed by atoms with van der Waals surface area (Å²) in [4.78, 5) is 10.2. The van der Waals surface area contributed by atoms with Gasteiger partial charge in [-0.2, -0.15) is 0 Å². The molecule has 0 unspecified atom stereocenters. The minimum absolute atomic E-state index is 0.331. The third-order valence-corrected chi connectivity index (χ3v) is 3.88. The van der Waals surface area contributed by atoms with Crippen LogP contribution in [0.2, 0.25) is 0 Å². The molecule has 0 saturated heterocycles. The molecule has 130 valence electrons. The molecule has 4 aromatic rings. The van der Waals surface area contributed by atoms with Crippen LogP contribution < -0.4 is 0 Å². The van der Waals surface area contributed by atoms with E-state index in [4.69, 9.17) is 14.9 Å². The second kappa shape index (κ2) is 7.53. The van der Waals surface area contributed by atoms with Gasteiger partial charge in [-0.1, -0.05) is 36.4 Å². The molecule has 2 N–H and O–H groups in total. The Labute approximate surface area is 150 Å². The smallest absolute Gasteiger partial charge is 0.335 e. The van der Waals surface area contributed by atoms with Crippen molar-refractivity contribution in [1.29, 1.82) is 5.41 Å². The number of benzene rings is 2. The number of aromatic nitrogens is 1. The topological polar surface area (TPSA) is 79.2 Å². The van der Waals surface area contributed by atoms with Crippen molar-refractivity contribution in [2.75, 3.05) is 0 Å². The maximum absolute atomic E-state index is 10.2. The molecule has 2 aromatic carbocycles. The zero-order valence-electron chi connectivity index (χ0n) is 14.2. The van der Waals surface area contributed by atoms with Gasteiger partial charge in [0, 0.05) is 28.9 Å². The second-order valence-corrected chi connectivity index (χ2v) is 5.68. The highest BCUT2D eigenvalue weighted by atomic mass is 16.4. The van der Waals surface area contributed by atoms with Gasteiger partial charge < -0.3 is 14.9 Å². The van der Waals surface area contributed by atoms with E-state index < -0.39 is 5.97 Å². The first-order valence-corrected chi connectivity index (χ1v) is 8.06. The fourth-order valence-corrected chi connectivity index (χ4v) is 2.65. The van der Waals surface area contributed by atoms with Crippen molar-refractivity contribution >= 4 is 22.6 Å². The molecule has 0 aliphatic rings. The maximum atomic E-state index is 10.2. The molecule has 0 bridgehead atoms. The van der Waals surface area contributed by atoms with Gasteiger partial charge >= 0.3 is 5.97 Å². The van der Waals surface area contributed by atoms with Crippen LogP contribution in [-0.4, -0.2) is 21.4 Å². The van der Waals surface area contributed by atoms with Crippen LogP contribution in [-0.2, 0) is 0 Å². The Morgan fingerprint density at radius 1 is 1.00 bits per heavy atom. The summed E-state index contributed by atoms with van der Waals surface area (Å²) in [5.74, 6) is -0.107. The molecule has 4 rings (SSSR count). The van der Waals surface area contributed by atoms with Crippen molar-refractivity contribution < 1.29 is 14.3 Å². The average Bonchev–Trinajstić information content (AvgIpc) is 3.30. The van der Waals surface area contributed by atoms with E-state index in [9.17, 15) is 4.79 Å². The number of hydrogen-bond donors (Lipinski definition) is 2. The molecule has 5 heteroatoms. The molecule has 0 radical (unpaired) electrons. The molecule has 2 aromatic heterocycles. The summed E-state index contributed by atoms with van der Waals surface area (Å²) in [5, 5.41) is 17.3. The summed E-state index contributed by atoms with van der Waals surface area (Å²) in [6.45, 7) is 1.80. The number of nitrogens with zero attached hydrogens (tertiary/aromatic N) is 1. The minimum Gasteiger partial charge on any atom is -0.478 e. The van der Waals surface area contributed by atoms with Crippen molar-refractivity contribution in [3.8, 4) is 5.88 Å². The van der Waals surface area contributed by atoms with Crippen molar-refractivity contribution in [2.45, 2.75) is 6.92 Å². The van der Waals surface area contributed by atoms with Crippen molar-refractivity contribution in [3.63, 3.8) is 0 Å². The van der Waals surface area contributed by atoms with Crippen LogP contribution in [0.25, 0.3) is 16.8 Å². The normalized spacial score (nSPS) is 10.2. The van der Waals surface area contributed by atoms with Crippen molar-refractivity contribution in [2.24, 2.45) is 0 Å². The number of carbonyl (C=O) groups is 1. The number of para-hydroxylation sites is 1. The number of aromatic carboxylic acids is 1. The monoisotopic (exact) mass is 346 g/mol. The van der Waals surface area contributed by atoms with Crippen LogP contribution >= 0.6 is 0 Å². The molecule has 0 fully saturated rings. The molecular weight excluding hydrogens is 328 g/mol. The predicted octanol–water partition coefficient (Wildman–Crippen LogP) is 5.00. The van der Waals surface area contributed by atoms with E-state index in [0.29, 0.717) is 11.3 Å². The first-order valence-electron chi connectivity index (χ1n) is 8.06. The highest BCUT2D eigenvalue weighted by Gasteiger charge is 2.11. The fraction of sp³-hybridized carbons (Fsp3) is 0.0476. The summed E-state index contributed by atoms with van der Waals surface area (Å²) in [6.07, 6.45) is 3.60. The van der Waals surface area contributed by atoms with Crippen LogP contribution in [0, 0.1) is 5.41 Å². The number of fused-ring (bicyclic) bond motifs is 1. The van der Waals surface area contributed by atoms with Crippen LogP contribution in [0.15, 0.2) is 83.6 Å². The summed E-state index contributed by atoms with van der Waals surface area (Å²) >= 11 is 0. The Morgan fingerprint density at radius 3 is 2.27 bits per heavy atom. The molecule has 2 heterocycles. The lowest BCUT2D eigenvalue weighted by Crippen LogP contribution is -1.93.